The molecule has 136 valence electrons. The maximum absolute atomic E-state index is 5.77. The van der Waals surface area contributed by atoms with E-state index in [1.807, 2.05) is 36.7 Å². The van der Waals surface area contributed by atoms with Crippen LogP contribution in [0.2, 0.25) is 0 Å². The maximum atomic E-state index is 5.77. The smallest absolute Gasteiger partial charge is 0.159 e. The molecule has 0 N–H and O–H groups in total. The van der Waals surface area contributed by atoms with E-state index in [2.05, 4.69) is 32.8 Å². The van der Waals surface area contributed by atoms with Gasteiger partial charge in [-0.1, -0.05) is 42.1 Å². The largest absolute Gasteiger partial charge is 0.494 e. The molecule has 1 heterocycles. The maximum Gasteiger partial charge on any atom is 0.159 e. The molecule has 2 rings (SSSR count). The van der Waals surface area contributed by atoms with Crippen LogP contribution in [0.25, 0.3) is 11.4 Å². The summed E-state index contributed by atoms with van der Waals surface area (Å²) in [5.41, 5.74) is 2.26. The molecule has 0 amide bonds. The summed E-state index contributed by atoms with van der Waals surface area (Å²) < 4.78 is 5.77. The predicted octanol–water partition coefficient (Wildman–Crippen LogP) is 6.21. The van der Waals surface area contributed by atoms with Gasteiger partial charge in [-0.05, 0) is 61.9 Å². The minimum absolute atomic E-state index is 0.773. The van der Waals surface area contributed by atoms with Gasteiger partial charge in [0.2, 0.25) is 0 Å². The fourth-order valence-corrected chi connectivity index (χ4v) is 3.05. The van der Waals surface area contributed by atoms with Crippen LogP contribution < -0.4 is 4.74 Å². The zero-order valence-electron chi connectivity index (χ0n) is 15.2. The number of nitrogens with zero attached hydrogens (tertiary/aromatic N) is 2. The summed E-state index contributed by atoms with van der Waals surface area (Å²) in [5, 5.41) is 1.07. The van der Waals surface area contributed by atoms with Crippen molar-refractivity contribution >= 4 is 15.9 Å². The Morgan fingerprint density at radius 3 is 2.28 bits per heavy atom. The lowest BCUT2D eigenvalue weighted by Gasteiger charge is -2.07. The van der Waals surface area contributed by atoms with E-state index >= 15 is 0 Å². The average Bonchev–Trinajstić information content (AvgIpc) is 2.66. The lowest BCUT2D eigenvalue weighted by molar-refractivity contribution is 0.306. The molecule has 0 spiro atoms. The first-order valence-corrected chi connectivity index (χ1v) is 10.6. The average molecular weight is 405 g/mol. The second-order valence-electron chi connectivity index (χ2n) is 6.35. The molecule has 3 nitrogen and oxygen atoms in total. The first-order chi connectivity index (χ1) is 12.3. The fourth-order valence-electron chi connectivity index (χ4n) is 2.65. The third-order valence-electron chi connectivity index (χ3n) is 4.18. The molecule has 0 aliphatic rings. The zero-order chi connectivity index (χ0) is 17.7. The van der Waals surface area contributed by atoms with E-state index < -0.39 is 0 Å². The minimum atomic E-state index is 0.773. The van der Waals surface area contributed by atoms with Gasteiger partial charge in [-0.3, -0.25) is 0 Å². The zero-order valence-corrected chi connectivity index (χ0v) is 16.8. The van der Waals surface area contributed by atoms with Gasteiger partial charge >= 0.3 is 0 Å². The van der Waals surface area contributed by atoms with Gasteiger partial charge < -0.3 is 4.74 Å². The highest BCUT2D eigenvalue weighted by molar-refractivity contribution is 9.09. The van der Waals surface area contributed by atoms with Gasteiger partial charge in [-0.15, -0.1) is 0 Å². The third kappa shape index (κ3) is 7.55. The van der Waals surface area contributed by atoms with Crippen LogP contribution in [0.4, 0.5) is 0 Å². The number of unbranched alkanes of at least 4 members (excludes halogenated alkanes) is 5. The number of alkyl halides is 1. The van der Waals surface area contributed by atoms with Crippen molar-refractivity contribution in [1.29, 1.82) is 0 Å². The summed E-state index contributed by atoms with van der Waals surface area (Å²) in [6, 6.07) is 8.07. The molecule has 0 atom stereocenters. The molecule has 0 aliphatic heterocycles. The molecule has 0 aliphatic carbocycles. The van der Waals surface area contributed by atoms with Crippen molar-refractivity contribution in [2.45, 2.75) is 58.3 Å². The molecule has 1 aromatic carbocycles. The number of hydrogen-bond donors (Lipinski definition) is 0. The Kier molecular flexibility index (Phi) is 9.57. The SMILES string of the molecule is CCCCCCc1cnc(-c2ccc(OCCCCCBr)cc2)nc1. The molecule has 0 saturated carbocycles. The van der Waals surface area contributed by atoms with Crippen molar-refractivity contribution in [2.75, 3.05) is 11.9 Å². The van der Waals surface area contributed by atoms with E-state index in [0.29, 0.717) is 0 Å². The molecule has 4 heteroatoms. The van der Waals surface area contributed by atoms with Crippen LogP contribution in [0.15, 0.2) is 36.7 Å². The molecule has 0 radical (unpaired) electrons. The number of benzene rings is 1. The number of aromatic nitrogens is 2. The topological polar surface area (TPSA) is 35.0 Å². The van der Waals surface area contributed by atoms with Gasteiger partial charge in [0.1, 0.15) is 5.75 Å². The minimum Gasteiger partial charge on any atom is -0.494 e. The Morgan fingerprint density at radius 1 is 0.880 bits per heavy atom. The second-order valence-corrected chi connectivity index (χ2v) is 7.14. The van der Waals surface area contributed by atoms with Crippen LogP contribution >= 0.6 is 15.9 Å². The Morgan fingerprint density at radius 2 is 1.60 bits per heavy atom. The van der Waals surface area contributed by atoms with E-state index in [1.54, 1.807) is 0 Å². The van der Waals surface area contributed by atoms with Crippen molar-refractivity contribution < 1.29 is 4.74 Å². The third-order valence-corrected chi connectivity index (χ3v) is 4.74. The van der Waals surface area contributed by atoms with Crippen LogP contribution in [0.3, 0.4) is 0 Å². The lowest BCUT2D eigenvalue weighted by atomic mass is 10.1. The Bertz CT molecular complexity index is 584. The highest BCUT2D eigenvalue weighted by atomic mass is 79.9. The standard InChI is InChI=1S/C21H29BrN2O/c1-2-3-4-6-9-18-16-23-21(24-17-18)19-10-12-20(13-11-19)25-15-8-5-7-14-22/h10-13,16-17H,2-9,14-15H2,1H3. The van der Waals surface area contributed by atoms with Crippen LogP contribution in [-0.2, 0) is 6.42 Å². The van der Waals surface area contributed by atoms with Crippen molar-refractivity contribution in [1.82, 2.24) is 9.97 Å². The summed E-state index contributed by atoms with van der Waals surface area (Å²) in [6.07, 6.45) is 13.6. The number of rotatable bonds is 12. The van der Waals surface area contributed by atoms with Crippen molar-refractivity contribution in [3.63, 3.8) is 0 Å². The van der Waals surface area contributed by atoms with E-state index in [1.165, 1.54) is 44.1 Å². The Hall–Kier alpha value is -1.42. The van der Waals surface area contributed by atoms with Gasteiger partial charge in [0.05, 0.1) is 6.61 Å². The predicted molar refractivity (Wildman–Crippen MR) is 108 cm³/mol. The van der Waals surface area contributed by atoms with Gasteiger partial charge in [-0.25, -0.2) is 9.97 Å². The molecule has 0 fully saturated rings. The Labute approximate surface area is 160 Å². The van der Waals surface area contributed by atoms with Crippen LogP contribution in [0.1, 0.15) is 57.4 Å². The summed E-state index contributed by atoms with van der Waals surface area (Å²) >= 11 is 3.45. The molecule has 0 saturated heterocycles. The quantitative estimate of drug-likeness (QED) is 0.311. The molecule has 25 heavy (non-hydrogen) atoms. The highest BCUT2D eigenvalue weighted by Crippen LogP contribution is 2.20. The monoisotopic (exact) mass is 404 g/mol. The Balaban J connectivity index is 1.80. The number of aryl methyl sites for hydroxylation is 1. The van der Waals surface area contributed by atoms with Gasteiger partial charge in [0.25, 0.3) is 0 Å². The normalized spacial score (nSPS) is 10.8. The summed E-state index contributed by atoms with van der Waals surface area (Å²) in [4.78, 5) is 9.03. The molecule has 1 aromatic heterocycles. The first kappa shape index (κ1) is 19.9. The summed E-state index contributed by atoms with van der Waals surface area (Å²) in [7, 11) is 0. The van der Waals surface area contributed by atoms with E-state index in [4.69, 9.17) is 4.74 Å². The lowest BCUT2D eigenvalue weighted by Crippen LogP contribution is -1.97. The number of hydrogen-bond acceptors (Lipinski definition) is 3. The summed E-state index contributed by atoms with van der Waals surface area (Å²) in [6.45, 7) is 3.01. The molecule has 0 bridgehead atoms. The van der Waals surface area contributed by atoms with Crippen LogP contribution in [0, 0.1) is 0 Å². The number of ether oxygens (including phenoxy) is 1. The molecular formula is C21H29BrN2O. The first-order valence-electron chi connectivity index (χ1n) is 9.43. The number of halogens is 1. The molecule has 0 unspecified atom stereocenters. The van der Waals surface area contributed by atoms with Gasteiger partial charge in [0, 0.05) is 23.3 Å². The molecular weight excluding hydrogens is 376 g/mol. The van der Waals surface area contributed by atoms with Crippen molar-refractivity contribution in [2.24, 2.45) is 0 Å². The van der Waals surface area contributed by atoms with E-state index in [-0.39, 0.29) is 0 Å². The summed E-state index contributed by atoms with van der Waals surface area (Å²) in [5.74, 6) is 1.69. The van der Waals surface area contributed by atoms with E-state index in [9.17, 15) is 0 Å². The van der Waals surface area contributed by atoms with Crippen molar-refractivity contribution in [3.8, 4) is 17.1 Å². The van der Waals surface area contributed by atoms with Crippen molar-refractivity contribution in [3.05, 3.63) is 42.2 Å². The van der Waals surface area contributed by atoms with Crippen LogP contribution in [-0.4, -0.2) is 21.9 Å². The van der Waals surface area contributed by atoms with Gasteiger partial charge in [-0.2, -0.15) is 0 Å². The second kappa shape index (κ2) is 12.0. The molecule has 2 aromatic rings. The highest BCUT2D eigenvalue weighted by Gasteiger charge is 2.03. The van der Waals surface area contributed by atoms with E-state index in [0.717, 1.165) is 41.9 Å². The van der Waals surface area contributed by atoms with Crippen LogP contribution in [0.5, 0.6) is 5.75 Å². The fraction of sp³-hybridized carbons (Fsp3) is 0.524. The van der Waals surface area contributed by atoms with Gasteiger partial charge in [0.15, 0.2) is 5.82 Å².